The van der Waals surface area contributed by atoms with E-state index in [1.54, 1.807) is 0 Å². The van der Waals surface area contributed by atoms with Gasteiger partial charge in [-0.15, -0.1) is 0 Å². The minimum atomic E-state index is -0.0310. The summed E-state index contributed by atoms with van der Waals surface area (Å²) in [4.78, 5) is 12.0. The van der Waals surface area contributed by atoms with Crippen molar-refractivity contribution in [3.8, 4) is 0 Å². The Morgan fingerprint density at radius 2 is 1.65 bits per heavy atom. The third kappa shape index (κ3) is 8.19. The molecule has 102 valence electrons. The maximum absolute atomic E-state index is 12.0. The van der Waals surface area contributed by atoms with Crippen molar-refractivity contribution in [3.05, 3.63) is 0 Å². The lowest BCUT2D eigenvalue weighted by atomic mass is 9.95. The lowest BCUT2D eigenvalue weighted by molar-refractivity contribution is -0.125. The van der Waals surface area contributed by atoms with Crippen LogP contribution in [0.4, 0.5) is 0 Å². The Balaban J connectivity index is 4.03. The van der Waals surface area contributed by atoms with Crippen molar-refractivity contribution in [2.45, 2.75) is 59.9 Å². The molecule has 0 bridgehead atoms. The number of nitrogens with one attached hydrogen (secondary N) is 1. The number of amides is 1. The van der Waals surface area contributed by atoms with Crippen molar-refractivity contribution in [2.75, 3.05) is 6.54 Å². The quantitative estimate of drug-likeness (QED) is 0.687. The standard InChI is InChI=1S/C14H30N2O/c1-10(2)6-7-12(5)16-14(17)13(9-15)8-11(3)4/h10-13H,6-9,15H2,1-5H3,(H,16,17). The van der Waals surface area contributed by atoms with Crippen LogP contribution in [0.5, 0.6) is 0 Å². The van der Waals surface area contributed by atoms with Gasteiger partial charge in [-0.1, -0.05) is 27.7 Å². The summed E-state index contributed by atoms with van der Waals surface area (Å²) < 4.78 is 0. The van der Waals surface area contributed by atoms with E-state index in [0.29, 0.717) is 18.4 Å². The molecule has 17 heavy (non-hydrogen) atoms. The van der Waals surface area contributed by atoms with Gasteiger partial charge in [-0.05, 0) is 38.0 Å². The summed E-state index contributed by atoms with van der Waals surface area (Å²) in [5.74, 6) is 1.30. The van der Waals surface area contributed by atoms with Gasteiger partial charge in [0.05, 0.1) is 5.92 Å². The Labute approximate surface area is 107 Å². The van der Waals surface area contributed by atoms with E-state index < -0.39 is 0 Å². The molecule has 0 spiro atoms. The smallest absolute Gasteiger partial charge is 0.224 e. The first-order valence-corrected chi connectivity index (χ1v) is 6.87. The van der Waals surface area contributed by atoms with Gasteiger partial charge in [0.1, 0.15) is 0 Å². The Morgan fingerprint density at radius 3 is 2.06 bits per heavy atom. The van der Waals surface area contributed by atoms with Crippen LogP contribution in [-0.2, 0) is 4.79 Å². The number of hydrogen-bond donors (Lipinski definition) is 2. The van der Waals surface area contributed by atoms with Crippen LogP contribution in [0.15, 0.2) is 0 Å². The first-order chi connectivity index (χ1) is 7.86. The van der Waals surface area contributed by atoms with Crippen LogP contribution in [0, 0.1) is 17.8 Å². The van der Waals surface area contributed by atoms with Crippen molar-refractivity contribution < 1.29 is 4.79 Å². The molecule has 0 aliphatic heterocycles. The molecule has 3 N–H and O–H groups in total. The third-order valence-electron chi connectivity index (χ3n) is 2.98. The van der Waals surface area contributed by atoms with Gasteiger partial charge >= 0.3 is 0 Å². The van der Waals surface area contributed by atoms with E-state index in [2.05, 4.69) is 39.9 Å². The van der Waals surface area contributed by atoms with E-state index in [9.17, 15) is 4.79 Å². The highest BCUT2D eigenvalue weighted by molar-refractivity contribution is 5.79. The minimum Gasteiger partial charge on any atom is -0.353 e. The summed E-state index contributed by atoms with van der Waals surface area (Å²) in [7, 11) is 0. The molecule has 3 nitrogen and oxygen atoms in total. The van der Waals surface area contributed by atoms with Gasteiger partial charge < -0.3 is 11.1 Å². The van der Waals surface area contributed by atoms with Crippen molar-refractivity contribution in [3.63, 3.8) is 0 Å². The molecule has 0 rings (SSSR count). The summed E-state index contributed by atoms with van der Waals surface area (Å²) in [6.45, 7) is 11.2. The average Bonchev–Trinajstić information content (AvgIpc) is 2.22. The maximum atomic E-state index is 12.0. The SMILES string of the molecule is CC(C)CCC(C)NC(=O)C(CN)CC(C)C. The average molecular weight is 242 g/mol. The highest BCUT2D eigenvalue weighted by atomic mass is 16.1. The fourth-order valence-electron chi connectivity index (χ4n) is 1.90. The molecule has 2 atom stereocenters. The lowest BCUT2D eigenvalue weighted by Crippen LogP contribution is -2.40. The predicted octanol–water partition coefficient (Wildman–Crippen LogP) is 2.55. The van der Waals surface area contributed by atoms with Crippen LogP contribution in [0.25, 0.3) is 0 Å². The summed E-state index contributed by atoms with van der Waals surface area (Å²) in [6, 6.07) is 0.256. The zero-order valence-corrected chi connectivity index (χ0v) is 12.1. The summed E-state index contributed by atoms with van der Waals surface area (Å²) in [5.41, 5.74) is 5.66. The molecule has 0 radical (unpaired) electrons. The Hall–Kier alpha value is -0.570. The first kappa shape index (κ1) is 16.4. The van der Waals surface area contributed by atoms with Crippen molar-refractivity contribution in [1.29, 1.82) is 0 Å². The maximum Gasteiger partial charge on any atom is 0.224 e. The molecule has 0 aromatic heterocycles. The van der Waals surface area contributed by atoms with E-state index in [1.165, 1.54) is 0 Å². The van der Waals surface area contributed by atoms with Gasteiger partial charge in [0.2, 0.25) is 5.91 Å². The molecule has 0 heterocycles. The van der Waals surface area contributed by atoms with Crippen LogP contribution < -0.4 is 11.1 Å². The zero-order chi connectivity index (χ0) is 13.4. The topological polar surface area (TPSA) is 55.1 Å². The zero-order valence-electron chi connectivity index (χ0n) is 12.1. The van der Waals surface area contributed by atoms with E-state index in [0.717, 1.165) is 19.3 Å². The summed E-state index contributed by atoms with van der Waals surface area (Å²) in [5, 5.41) is 3.07. The molecule has 1 amide bonds. The molecule has 0 saturated heterocycles. The summed E-state index contributed by atoms with van der Waals surface area (Å²) >= 11 is 0. The highest BCUT2D eigenvalue weighted by Gasteiger charge is 2.19. The second-order valence-electron chi connectivity index (χ2n) is 5.94. The fourth-order valence-corrected chi connectivity index (χ4v) is 1.90. The molecular formula is C14H30N2O. The van der Waals surface area contributed by atoms with E-state index in [1.807, 2.05) is 0 Å². The van der Waals surface area contributed by atoms with Crippen LogP contribution in [-0.4, -0.2) is 18.5 Å². The van der Waals surface area contributed by atoms with Crippen LogP contribution in [0.3, 0.4) is 0 Å². The number of carbonyl (C=O) groups is 1. The van der Waals surface area contributed by atoms with Crippen LogP contribution in [0.2, 0.25) is 0 Å². The second kappa shape index (κ2) is 8.51. The molecule has 0 aliphatic rings. The Morgan fingerprint density at radius 1 is 1.06 bits per heavy atom. The molecule has 0 aromatic carbocycles. The lowest BCUT2D eigenvalue weighted by Gasteiger charge is -2.21. The van der Waals surface area contributed by atoms with Crippen LogP contribution in [0.1, 0.15) is 53.9 Å². The monoisotopic (exact) mass is 242 g/mol. The molecule has 0 fully saturated rings. The fraction of sp³-hybridized carbons (Fsp3) is 0.929. The first-order valence-electron chi connectivity index (χ1n) is 6.87. The van der Waals surface area contributed by atoms with Crippen molar-refractivity contribution >= 4 is 5.91 Å². The van der Waals surface area contributed by atoms with Crippen molar-refractivity contribution in [1.82, 2.24) is 5.32 Å². The van der Waals surface area contributed by atoms with Gasteiger partial charge in [-0.25, -0.2) is 0 Å². The number of carbonyl (C=O) groups excluding carboxylic acids is 1. The predicted molar refractivity (Wildman–Crippen MR) is 73.7 cm³/mol. The van der Waals surface area contributed by atoms with Crippen molar-refractivity contribution in [2.24, 2.45) is 23.5 Å². The molecule has 2 unspecified atom stereocenters. The van der Waals surface area contributed by atoms with Gasteiger partial charge in [0, 0.05) is 12.6 Å². The van der Waals surface area contributed by atoms with Gasteiger partial charge in [-0.3, -0.25) is 4.79 Å². The minimum absolute atomic E-state index is 0.0310. The Kier molecular flexibility index (Phi) is 8.23. The molecular weight excluding hydrogens is 212 g/mol. The molecule has 0 aliphatic carbocycles. The number of nitrogens with two attached hydrogens (primary N) is 1. The molecule has 0 saturated carbocycles. The van der Waals surface area contributed by atoms with Gasteiger partial charge in [-0.2, -0.15) is 0 Å². The number of hydrogen-bond acceptors (Lipinski definition) is 2. The normalized spacial score (nSPS) is 15.1. The largest absolute Gasteiger partial charge is 0.353 e. The van der Waals surface area contributed by atoms with E-state index in [4.69, 9.17) is 5.73 Å². The highest BCUT2D eigenvalue weighted by Crippen LogP contribution is 2.12. The molecule has 0 aromatic rings. The van der Waals surface area contributed by atoms with Crippen LogP contribution >= 0.6 is 0 Å². The second-order valence-corrected chi connectivity index (χ2v) is 5.94. The van der Waals surface area contributed by atoms with E-state index >= 15 is 0 Å². The van der Waals surface area contributed by atoms with E-state index in [-0.39, 0.29) is 17.9 Å². The molecule has 3 heteroatoms. The third-order valence-corrected chi connectivity index (χ3v) is 2.98. The van der Waals surface area contributed by atoms with Gasteiger partial charge in [0.15, 0.2) is 0 Å². The number of rotatable bonds is 8. The van der Waals surface area contributed by atoms with Gasteiger partial charge in [0.25, 0.3) is 0 Å². The Bertz CT molecular complexity index is 214. The summed E-state index contributed by atoms with van der Waals surface area (Å²) in [6.07, 6.45) is 3.07.